The van der Waals surface area contributed by atoms with Crippen LogP contribution in [0.1, 0.15) is 21.7 Å². The molecule has 118 valence electrons. The van der Waals surface area contributed by atoms with Crippen molar-refractivity contribution in [2.75, 3.05) is 13.1 Å². The number of fused-ring (bicyclic) bond motifs is 3. The fourth-order valence-corrected chi connectivity index (χ4v) is 5.22. The Morgan fingerprint density at radius 3 is 2.78 bits per heavy atom. The Bertz CT molecular complexity index is 847. The largest absolute Gasteiger partial charge is 0.330 e. The predicted molar refractivity (Wildman–Crippen MR) is 84.8 cm³/mol. The summed E-state index contributed by atoms with van der Waals surface area (Å²) in [6, 6.07) is 3.98. The van der Waals surface area contributed by atoms with Crippen molar-refractivity contribution < 1.29 is 18.4 Å². The topological polar surface area (TPSA) is 37.4 Å². The number of rotatable bonds is 1. The quantitative estimate of drug-likeness (QED) is 0.786. The molecule has 2 aliphatic rings. The lowest BCUT2D eigenvalue weighted by Gasteiger charge is -2.16. The van der Waals surface area contributed by atoms with Gasteiger partial charge < -0.3 is 4.90 Å². The summed E-state index contributed by atoms with van der Waals surface area (Å²) in [7, 11) is 0. The number of benzene rings is 1. The zero-order valence-corrected chi connectivity index (χ0v) is 13.5. The van der Waals surface area contributed by atoms with Crippen molar-refractivity contribution in [3.8, 4) is 10.4 Å². The molecule has 0 spiro atoms. The molecular weight excluding hydrogens is 340 g/mol. The van der Waals surface area contributed by atoms with Crippen LogP contribution in [0.15, 0.2) is 23.1 Å². The van der Waals surface area contributed by atoms with E-state index in [2.05, 4.69) is 0 Å². The number of likely N-dealkylation sites (tertiary alicyclic amines) is 1. The third kappa shape index (κ3) is 2.48. The van der Waals surface area contributed by atoms with Crippen LogP contribution in [0, 0.1) is 11.6 Å². The van der Waals surface area contributed by atoms with Gasteiger partial charge in [0.1, 0.15) is 11.6 Å². The average Bonchev–Trinajstić information content (AvgIpc) is 3.12. The molecule has 0 saturated carbocycles. The molecule has 1 aromatic heterocycles. The molecule has 7 heteroatoms. The van der Waals surface area contributed by atoms with Crippen molar-refractivity contribution in [2.24, 2.45) is 0 Å². The minimum atomic E-state index is -0.624. The first kappa shape index (κ1) is 14.8. The molecule has 3 nitrogen and oxygen atoms in total. The Morgan fingerprint density at radius 1 is 1.22 bits per heavy atom. The SMILES string of the molecule is O=C1CCN(C(=O)c2cc3c(s2)-c2cc(F)cc(F)c2SC3)C1. The number of amides is 1. The van der Waals surface area contributed by atoms with Gasteiger partial charge in [-0.2, -0.15) is 0 Å². The summed E-state index contributed by atoms with van der Waals surface area (Å²) < 4.78 is 27.5. The van der Waals surface area contributed by atoms with Crippen LogP contribution < -0.4 is 0 Å². The molecule has 3 heterocycles. The van der Waals surface area contributed by atoms with E-state index in [-0.39, 0.29) is 18.2 Å². The number of nitrogens with zero attached hydrogens (tertiary/aromatic N) is 1. The molecule has 1 amide bonds. The maximum atomic E-state index is 13.9. The van der Waals surface area contributed by atoms with Gasteiger partial charge in [-0.25, -0.2) is 8.78 Å². The number of thiophene rings is 1. The third-order valence-electron chi connectivity index (χ3n) is 3.96. The Morgan fingerprint density at radius 2 is 2.04 bits per heavy atom. The molecule has 0 atom stereocenters. The first-order valence-corrected chi connectivity index (χ1v) is 8.89. The zero-order valence-electron chi connectivity index (χ0n) is 11.9. The summed E-state index contributed by atoms with van der Waals surface area (Å²) in [5, 5.41) is 0. The minimum absolute atomic E-state index is 0.0599. The maximum Gasteiger partial charge on any atom is 0.264 e. The van der Waals surface area contributed by atoms with E-state index in [1.165, 1.54) is 34.1 Å². The van der Waals surface area contributed by atoms with Gasteiger partial charge in [0.05, 0.1) is 16.3 Å². The highest BCUT2D eigenvalue weighted by Gasteiger charge is 2.29. The first-order chi connectivity index (χ1) is 11.0. The molecule has 1 aromatic carbocycles. The minimum Gasteiger partial charge on any atom is -0.330 e. The molecule has 2 aromatic rings. The van der Waals surface area contributed by atoms with Gasteiger partial charge in [-0.1, -0.05) is 0 Å². The summed E-state index contributed by atoms with van der Waals surface area (Å²) in [4.78, 5) is 27.0. The Balaban J connectivity index is 1.74. The second-order valence-corrected chi connectivity index (χ2v) is 7.57. The van der Waals surface area contributed by atoms with E-state index >= 15 is 0 Å². The smallest absolute Gasteiger partial charge is 0.264 e. The number of halogens is 2. The van der Waals surface area contributed by atoms with Crippen LogP contribution in [0.2, 0.25) is 0 Å². The highest BCUT2D eigenvalue weighted by atomic mass is 32.2. The van der Waals surface area contributed by atoms with E-state index in [1.54, 1.807) is 6.07 Å². The van der Waals surface area contributed by atoms with Crippen LogP contribution in [0.25, 0.3) is 10.4 Å². The Kier molecular flexibility index (Phi) is 3.50. The summed E-state index contributed by atoms with van der Waals surface area (Å²) >= 11 is 2.55. The number of thioether (sulfide) groups is 1. The van der Waals surface area contributed by atoms with Gasteiger partial charge in [0.25, 0.3) is 5.91 Å². The summed E-state index contributed by atoms with van der Waals surface area (Å²) in [5.74, 6) is -0.764. The van der Waals surface area contributed by atoms with Crippen molar-refractivity contribution in [1.82, 2.24) is 4.90 Å². The zero-order chi connectivity index (χ0) is 16.1. The van der Waals surface area contributed by atoms with E-state index in [0.29, 0.717) is 34.1 Å². The lowest BCUT2D eigenvalue weighted by Crippen LogP contribution is -2.27. The number of Topliss-reactive ketones (excluding diaryl/α,β-unsaturated/α-hetero) is 1. The van der Waals surface area contributed by atoms with Crippen molar-refractivity contribution in [1.29, 1.82) is 0 Å². The monoisotopic (exact) mass is 351 g/mol. The first-order valence-electron chi connectivity index (χ1n) is 7.09. The van der Waals surface area contributed by atoms with Gasteiger partial charge in [-0.05, 0) is 17.7 Å². The van der Waals surface area contributed by atoms with Crippen LogP contribution in [0.4, 0.5) is 8.78 Å². The van der Waals surface area contributed by atoms with Crippen molar-refractivity contribution >= 4 is 34.8 Å². The lowest BCUT2D eigenvalue weighted by atomic mass is 10.1. The third-order valence-corrected chi connectivity index (χ3v) is 6.32. The molecule has 0 bridgehead atoms. The highest BCUT2D eigenvalue weighted by Crippen LogP contribution is 2.47. The number of ketones is 1. The Labute approximate surface area is 139 Å². The normalized spacial score (nSPS) is 16.4. The van der Waals surface area contributed by atoms with Crippen molar-refractivity contribution in [3.05, 3.63) is 40.3 Å². The number of hydrogen-bond acceptors (Lipinski definition) is 4. The molecule has 0 aliphatic carbocycles. The molecule has 2 aliphatic heterocycles. The summed E-state index contributed by atoms with van der Waals surface area (Å²) in [5.41, 5.74) is 1.42. The van der Waals surface area contributed by atoms with Gasteiger partial charge in [0, 0.05) is 35.2 Å². The van der Waals surface area contributed by atoms with Gasteiger partial charge in [0.15, 0.2) is 5.78 Å². The molecule has 0 unspecified atom stereocenters. The Hall–Kier alpha value is -1.73. The van der Waals surface area contributed by atoms with E-state index in [0.717, 1.165) is 16.5 Å². The summed E-state index contributed by atoms with van der Waals surface area (Å²) in [6.07, 6.45) is 0.395. The standard InChI is InChI=1S/C16H11F2NO2S2/c17-9-4-11-14-8(7-22-15(11)12(18)5-9)3-13(23-14)16(21)19-2-1-10(20)6-19/h3-5H,1-2,6-7H2. The lowest BCUT2D eigenvalue weighted by molar-refractivity contribution is -0.116. The van der Waals surface area contributed by atoms with E-state index < -0.39 is 11.6 Å². The van der Waals surface area contributed by atoms with Gasteiger partial charge in [0.2, 0.25) is 0 Å². The molecule has 0 N–H and O–H groups in total. The fraction of sp³-hybridized carbons (Fsp3) is 0.250. The van der Waals surface area contributed by atoms with Crippen LogP contribution in [-0.4, -0.2) is 29.7 Å². The molecule has 0 radical (unpaired) electrons. The average molecular weight is 351 g/mol. The predicted octanol–water partition coefficient (Wildman–Crippen LogP) is 3.71. The van der Waals surface area contributed by atoms with Crippen molar-refractivity contribution in [3.63, 3.8) is 0 Å². The number of hydrogen-bond donors (Lipinski definition) is 0. The number of carbonyl (C=O) groups is 2. The van der Waals surface area contributed by atoms with Crippen LogP contribution >= 0.6 is 23.1 Å². The van der Waals surface area contributed by atoms with E-state index in [9.17, 15) is 18.4 Å². The molecule has 4 rings (SSSR count). The maximum absolute atomic E-state index is 13.9. The van der Waals surface area contributed by atoms with Crippen molar-refractivity contribution in [2.45, 2.75) is 17.1 Å². The van der Waals surface area contributed by atoms with E-state index in [4.69, 9.17) is 0 Å². The van der Waals surface area contributed by atoms with Crippen LogP contribution in [0.5, 0.6) is 0 Å². The molecular formula is C16H11F2NO2S2. The van der Waals surface area contributed by atoms with Crippen LogP contribution in [0.3, 0.4) is 0 Å². The van der Waals surface area contributed by atoms with Gasteiger partial charge in [-0.3, -0.25) is 9.59 Å². The van der Waals surface area contributed by atoms with Gasteiger partial charge >= 0.3 is 0 Å². The fourth-order valence-electron chi connectivity index (χ4n) is 2.85. The molecule has 1 fully saturated rings. The van der Waals surface area contributed by atoms with Crippen LogP contribution in [-0.2, 0) is 10.5 Å². The molecule has 23 heavy (non-hydrogen) atoms. The van der Waals surface area contributed by atoms with E-state index in [1.807, 2.05) is 0 Å². The molecule has 1 saturated heterocycles. The highest BCUT2D eigenvalue weighted by molar-refractivity contribution is 7.98. The summed E-state index contributed by atoms with van der Waals surface area (Å²) in [6.45, 7) is 0.588. The second kappa shape index (κ2) is 5.42. The second-order valence-electron chi connectivity index (χ2n) is 5.53. The number of carbonyl (C=O) groups excluding carboxylic acids is 2. The van der Waals surface area contributed by atoms with Gasteiger partial charge in [-0.15, -0.1) is 23.1 Å².